The maximum atomic E-state index is 13.1. The Hall–Kier alpha value is -3.95. The Morgan fingerprint density at radius 1 is 1.18 bits per heavy atom. The monoisotopic (exact) mass is 379 g/mol. The van der Waals surface area contributed by atoms with Crippen LogP contribution in [-0.4, -0.2) is 35.7 Å². The second kappa shape index (κ2) is 6.99. The molecule has 1 aromatic carbocycles. The zero-order valence-electron chi connectivity index (χ0n) is 14.7. The molecule has 0 bridgehead atoms. The lowest BCUT2D eigenvalue weighted by Gasteiger charge is -2.06. The number of hydrogen-bond donors (Lipinski definition) is 1. The molecule has 4 rings (SSSR count). The van der Waals surface area contributed by atoms with Gasteiger partial charge in [-0.2, -0.15) is 5.10 Å². The normalized spacial score (nSPS) is 10.9. The van der Waals surface area contributed by atoms with E-state index in [1.54, 1.807) is 25.1 Å². The standard InChI is InChI=1S/C18H14FN7O2/c1-11-3-2-4-15(21-11)22-16(27)10-25-18(28)14-9-20-26(17(14)23-24-25)13-7-5-12(19)6-8-13/h2-9H,10H2,1H3,(H,21,22,27). The quantitative estimate of drug-likeness (QED) is 0.575. The molecule has 0 aliphatic rings. The molecule has 0 radical (unpaired) electrons. The molecule has 3 heterocycles. The molecule has 9 nitrogen and oxygen atoms in total. The first-order valence-electron chi connectivity index (χ1n) is 8.32. The van der Waals surface area contributed by atoms with Crippen molar-refractivity contribution in [3.63, 3.8) is 0 Å². The molecule has 3 aromatic heterocycles. The van der Waals surface area contributed by atoms with Crippen LogP contribution in [0.3, 0.4) is 0 Å². The van der Waals surface area contributed by atoms with E-state index in [2.05, 4.69) is 25.7 Å². The summed E-state index contributed by atoms with van der Waals surface area (Å²) in [7, 11) is 0. The predicted molar refractivity (Wildman–Crippen MR) is 98.5 cm³/mol. The molecular weight excluding hydrogens is 365 g/mol. The second-order valence-electron chi connectivity index (χ2n) is 6.03. The average molecular weight is 379 g/mol. The van der Waals surface area contributed by atoms with E-state index < -0.39 is 11.5 Å². The van der Waals surface area contributed by atoms with E-state index in [-0.39, 0.29) is 23.4 Å². The molecule has 0 saturated heterocycles. The fraction of sp³-hybridized carbons (Fsp3) is 0.111. The van der Waals surface area contributed by atoms with Crippen molar-refractivity contribution in [2.24, 2.45) is 0 Å². The van der Waals surface area contributed by atoms with Crippen molar-refractivity contribution in [2.45, 2.75) is 13.5 Å². The fourth-order valence-electron chi connectivity index (χ4n) is 2.67. The van der Waals surface area contributed by atoms with Crippen molar-refractivity contribution < 1.29 is 9.18 Å². The summed E-state index contributed by atoms with van der Waals surface area (Å²) in [5, 5.41) is 14.7. The van der Waals surface area contributed by atoms with Crippen LogP contribution in [0.25, 0.3) is 16.7 Å². The van der Waals surface area contributed by atoms with Gasteiger partial charge in [-0.3, -0.25) is 9.59 Å². The molecule has 10 heteroatoms. The maximum Gasteiger partial charge on any atom is 0.281 e. The first-order valence-corrected chi connectivity index (χ1v) is 8.32. The van der Waals surface area contributed by atoms with Gasteiger partial charge < -0.3 is 5.32 Å². The van der Waals surface area contributed by atoms with Gasteiger partial charge in [0.1, 0.15) is 23.6 Å². The Morgan fingerprint density at radius 3 is 2.71 bits per heavy atom. The number of fused-ring (bicyclic) bond motifs is 1. The number of aryl methyl sites for hydroxylation is 1. The second-order valence-corrected chi connectivity index (χ2v) is 6.03. The summed E-state index contributed by atoms with van der Waals surface area (Å²) < 4.78 is 15.4. The summed E-state index contributed by atoms with van der Waals surface area (Å²) in [6.45, 7) is 1.48. The van der Waals surface area contributed by atoms with Crippen LogP contribution in [-0.2, 0) is 11.3 Å². The lowest BCUT2D eigenvalue weighted by atomic mass is 10.3. The lowest BCUT2D eigenvalue weighted by molar-refractivity contribution is -0.117. The number of rotatable bonds is 4. The number of pyridine rings is 1. The summed E-state index contributed by atoms with van der Waals surface area (Å²) >= 11 is 0. The van der Waals surface area contributed by atoms with Gasteiger partial charge in [0.15, 0.2) is 5.65 Å². The summed E-state index contributed by atoms with van der Waals surface area (Å²) in [5.74, 6) is -0.459. The van der Waals surface area contributed by atoms with E-state index in [0.29, 0.717) is 11.5 Å². The van der Waals surface area contributed by atoms with Crippen LogP contribution in [0.4, 0.5) is 10.2 Å². The topological polar surface area (TPSA) is 108 Å². The molecule has 0 atom stereocenters. The predicted octanol–water partition coefficient (Wildman–Crippen LogP) is 1.46. The minimum atomic E-state index is -0.509. The number of nitrogens with one attached hydrogen (secondary N) is 1. The Kier molecular flexibility index (Phi) is 4.36. The first-order chi connectivity index (χ1) is 13.5. The van der Waals surface area contributed by atoms with E-state index in [4.69, 9.17) is 0 Å². The maximum absolute atomic E-state index is 13.1. The molecule has 0 spiro atoms. The lowest BCUT2D eigenvalue weighted by Crippen LogP contribution is -2.30. The Bertz CT molecular complexity index is 1230. The highest BCUT2D eigenvalue weighted by Crippen LogP contribution is 2.13. The van der Waals surface area contributed by atoms with Gasteiger partial charge in [-0.25, -0.2) is 18.7 Å². The van der Waals surface area contributed by atoms with Gasteiger partial charge in [-0.1, -0.05) is 11.3 Å². The van der Waals surface area contributed by atoms with Crippen molar-refractivity contribution in [2.75, 3.05) is 5.32 Å². The highest BCUT2D eigenvalue weighted by atomic mass is 19.1. The number of hydrogen-bond acceptors (Lipinski definition) is 6. The fourth-order valence-corrected chi connectivity index (χ4v) is 2.67. The van der Waals surface area contributed by atoms with E-state index in [9.17, 15) is 14.0 Å². The van der Waals surface area contributed by atoms with Crippen molar-refractivity contribution in [3.05, 3.63) is 70.5 Å². The number of amides is 1. The van der Waals surface area contributed by atoms with Crippen molar-refractivity contribution >= 4 is 22.8 Å². The molecule has 0 aliphatic carbocycles. The van der Waals surface area contributed by atoms with Crippen LogP contribution in [0.1, 0.15) is 5.69 Å². The number of aromatic nitrogens is 6. The van der Waals surface area contributed by atoms with Crippen molar-refractivity contribution in [1.29, 1.82) is 0 Å². The third kappa shape index (κ3) is 3.34. The number of benzene rings is 1. The van der Waals surface area contributed by atoms with Gasteiger partial charge in [-0.05, 0) is 43.3 Å². The summed E-state index contributed by atoms with van der Waals surface area (Å²) in [5.41, 5.74) is 0.995. The van der Waals surface area contributed by atoms with Crippen LogP contribution < -0.4 is 10.9 Å². The number of carbonyl (C=O) groups excluding carboxylic acids is 1. The van der Waals surface area contributed by atoms with Gasteiger partial charge in [0, 0.05) is 5.69 Å². The van der Waals surface area contributed by atoms with E-state index >= 15 is 0 Å². The number of halogens is 1. The number of anilines is 1. The summed E-state index contributed by atoms with van der Waals surface area (Å²) in [6, 6.07) is 10.8. The SMILES string of the molecule is Cc1cccc(NC(=O)Cn2nnc3c(cnn3-c3ccc(F)cc3)c2=O)n1. The first kappa shape index (κ1) is 17.5. The summed E-state index contributed by atoms with van der Waals surface area (Å²) in [6.07, 6.45) is 1.34. The van der Waals surface area contributed by atoms with Gasteiger partial charge in [0.2, 0.25) is 5.91 Å². The molecule has 4 aromatic rings. The third-order valence-corrected chi connectivity index (χ3v) is 3.98. The molecule has 0 unspecified atom stereocenters. The highest BCUT2D eigenvalue weighted by Gasteiger charge is 2.15. The van der Waals surface area contributed by atoms with Gasteiger partial charge in [0.05, 0.1) is 11.9 Å². The van der Waals surface area contributed by atoms with Crippen molar-refractivity contribution in [1.82, 2.24) is 29.8 Å². The Balaban J connectivity index is 1.61. The van der Waals surface area contributed by atoms with Crippen LogP contribution in [0.15, 0.2) is 53.5 Å². The third-order valence-electron chi connectivity index (χ3n) is 3.98. The smallest absolute Gasteiger partial charge is 0.281 e. The van der Waals surface area contributed by atoms with E-state index in [1.165, 1.54) is 35.1 Å². The molecular formula is C18H14FN7O2. The Morgan fingerprint density at radius 2 is 1.96 bits per heavy atom. The summed E-state index contributed by atoms with van der Waals surface area (Å²) in [4.78, 5) is 29.0. The van der Waals surface area contributed by atoms with Crippen LogP contribution >= 0.6 is 0 Å². The van der Waals surface area contributed by atoms with Gasteiger partial charge in [0.25, 0.3) is 5.56 Å². The molecule has 28 heavy (non-hydrogen) atoms. The van der Waals surface area contributed by atoms with Crippen LogP contribution in [0.5, 0.6) is 0 Å². The highest BCUT2D eigenvalue weighted by molar-refractivity contribution is 5.89. The minimum Gasteiger partial charge on any atom is -0.309 e. The van der Waals surface area contributed by atoms with Crippen molar-refractivity contribution in [3.8, 4) is 5.69 Å². The minimum absolute atomic E-state index is 0.195. The van der Waals surface area contributed by atoms with Gasteiger partial charge >= 0.3 is 0 Å². The molecule has 0 saturated carbocycles. The average Bonchev–Trinajstić information content (AvgIpc) is 3.09. The molecule has 0 fully saturated rings. The molecule has 1 amide bonds. The largest absolute Gasteiger partial charge is 0.309 e. The molecule has 1 N–H and O–H groups in total. The number of nitrogens with zero attached hydrogens (tertiary/aromatic N) is 6. The zero-order valence-corrected chi connectivity index (χ0v) is 14.7. The van der Waals surface area contributed by atoms with Crippen LogP contribution in [0.2, 0.25) is 0 Å². The number of carbonyl (C=O) groups is 1. The van der Waals surface area contributed by atoms with E-state index in [1.807, 2.05) is 0 Å². The zero-order chi connectivity index (χ0) is 19.7. The Labute approximate surface area is 157 Å². The molecule has 140 valence electrons. The van der Waals surface area contributed by atoms with Gasteiger partial charge in [-0.15, -0.1) is 5.10 Å². The van der Waals surface area contributed by atoms with Crippen LogP contribution in [0, 0.1) is 12.7 Å². The molecule has 0 aliphatic heterocycles. The van der Waals surface area contributed by atoms with E-state index in [0.717, 1.165) is 10.4 Å².